The van der Waals surface area contributed by atoms with Crippen LogP contribution in [0.3, 0.4) is 0 Å². The van der Waals surface area contributed by atoms with Crippen molar-refractivity contribution in [2.24, 2.45) is 0 Å². The Bertz CT molecular complexity index is 3350. The van der Waals surface area contributed by atoms with E-state index in [0.29, 0.717) is 0 Å². The zero-order chi connectivity index (χ0) is 39.8. The van der Waals surface area contributed by atoms with Crippen molar-refractivity contribution < 1.29 is 0 Å². The summed E-state index contributed by atoms with van der Waals surface area (Å²) in [4.78, 5) is 0. The first-order valence-electron chi connectivity index (χ1n) is 20.2. The molecule has 0 spiro atoms. The molecule has 294 valence electrons. The molecule has 0 saturated carbocycles. The zero-order valence-electron chi connectivity index (χ0n) is 33.1. The Morgan fingerprint density at radius 3 is 0.767 bits per heavy atom. The van der Waals surface area contributed by atoms with Crippen LogP contribution < -0.4 is 0 Å². The maximum atomic E-state index is 2.50. The standard InChI is InChI=1S/C51H36S9/c1-25-16-28-37-4-7-40(55-37)43-11-14-47(59-43)50-30(18-27(3)32-20-53-23-35(32)50)39-6-9-42(57-39)45-12-15-48(60-45)51-29(17-26(2)33-21-54-24-36(33)51)38-5-8-41(56-38)44-10-13-46(58-44)49(28)34-22-52-19-31(25)34/h4-18H,19-24H2,1-3H3. The minimum atomic E-state index is 1.08. The second-order valence-electron chi connectivity index (χ2n) is 16.2. The van der Waals surface area contributed by atoms with E-state index < -0.39 is 0 Å². The van der Waals surface area contributed by atoms with E-state index in [1.54, 1.807) is 33.4 Å². The third-order valence-electron chi connectivity index (χ3n) is 12.7. The number of fused-ring (bicyclic) bond motifs is 30. The Morgan fingerprint density at radius 2 is 0.483 bits per heavy atom. The molecule has 0 unspecified atom stereocenters. The van der Waals surface area contributed by atoms with Crippen molar-refractivity contribution in [2.75, 3.05) is 0 Å². The van der Waals surface area contributed by atoms with Crippen molar-refractivity contribution in [1.29, 1.82) is 0 Å². The number of thiophene rings is 6. The first-order valence-corrected chi connectivity index (χ1v) is 28.6. The molecule has 12 bridgehead atoms. The van der Waals surface area contributed by atoms with Crippen molar-refractivity contribution in [3.05, 3.63) is 141 Å². The Hall–Kier alpha value is -3.09. The van der Waals surface area contributed by atoms with Crippen LogP contribution >= 0.6 is 103 Å². The number of rotatable bonds is 0. The van der Waals surface area contributed by atoms with E-state index in [9.17, 15) is 0 Å². The molecule has 0 atom stereocenters. The second kappa shape index (κ2) is 14.5. The lowest BCUT2D eigenvalue weighted by Crippen LogP contribution is -1.89. The molecule has 7 aromatic heterocycles. The average Bonchev–Trinajstić information content (AvgIpc) is 4.08. The van der Waals surface area contributed by atoms with Crippen molar-refractivity contribution in [1.82, 2.24) is 0 Å². The molecule has 10 aromatic rings. The molecular formula is C51H36S9. The van der Waals surface area contributed by atoms with Gasteiger partial charge in [0.1, 0.15) is 0 Å². The fraction of sp³-hybridized carbons (Fsp3) is 0.176. The molecule has 60 heavy (non-hydrogen) atoms. The molecule has 0 N–H and O–H groups in total. The highest BCUT2D eigenvalue weighted by atomic mass is 32.2. The van der Waals surface area contributed by atoms with Gasteiger partial charge in [0, 0.05) is 123 Å². The molecule has 3 aliphatic heterocycles. The summed E-state index contributed by atoms with van der Waals surface area (Å²) in [6.45, 7) is 7.00. The molecule has 3 aliphatic rings. The van der Waals surface area contributed by atoms with E-state index in [1.807, 2.05) is 68.0 Å². The van der Waals surface area contributed by atoms with Gasteiger partial charge in [-0.3, -0.25) is 0 Å². The van der Waals surface area contributed by atoms with Crippen LogP contribution in [-0.2, 0) is 34.5 Å². The van der Waals surface area contributed by atoms with Gasteiger partial charge in [-0.25, -0.2) is 0 Å². The van der Waals surface area contributed by atoms with Crippen molar-refractivity contribution in [3.8, 4) is 0 Å². The topological polar surface area (TPSA) is 0 Å². The molecule has 10 heterocycles. The van der Waals surface area contributed by atoms with E-state index in [0.717, 1.165) is 34.5 Å². The van der Waals surface area contributed by atoms with Gasteiger partial charge in [-0.1, -0.05) is 0 Å². The predicted molar refractivity (Wildman–Crippen MR) is 283 cm³/mol. The van der Waals surface area contributed by atoms with E-state index in [2.05, 4.69) is 147 Å². The number of hydrogen-bond acceptors (Lipinski definition) is 9. The molecule has 0 saturated heterocycles. The molecule has 0 fully saturated rings. The monoisotopic (exact) mass is 936 g/mol. The highest BCUT2D eigenvalue weighted by Crippen LogP contribution is 2.47. The van der Waals surface area contributed by atoms with Crippen LogP contribution in [0.25, 0.3) is 88.7 Å². The summed E-state index contributed by atoms with van der Waals surface area (Å²) in [5.41, 5.74) is 13.6. The lowest BCUT2D eigenvalue weighted by molar-refractivity contribution is 1.31. The van der Waals surface area contributed by atoms with Crippen molar-refractivity contribution >= 4 is 192 Å². The molecule has 0 radical (unpaired) electrons. The Morgan fingerprint density at radius 1 is 0.267 bits per heavy atom. The molecule has 3 aromatic carbocycles. The minimum absolute atomic E-state index is 1.08. The number of aryl methyl sites for hydroxylation is 3. The third kappa shape index (κ3) is 5.87. The third-order valence-corrected chi connectivity index (χ3v) is 22.9. The summed E-state index contributed by atoms with van der Waals surface area (Å²) in [5, 5.41) is 8.56. The lowest BCUT2D eigenvalue weighted by atomic mass is 9.98. The Labute approximate surface area is 384 Å². The number of hydrogen-bond donors (Lipinski definition) is 0. The van der Waals surface area contributed by atoms with E-state index in [1.165, 1.54) is 105 Å². The zero-order valence-corrected chi connectivity index (χ0v) is 40.4. The van der Waals surface area contributed by atoms with Gasteiger partial charge < -0.3 is 0 Å². The quantitative estimate of drug-likeness (QED) is 0.149. The second-order valence-corrected chi connectivity index (χ2v) is 25.6. The van der Waals surface area contributed by atoms with Crippen molar-refractivity contribution in [3.63, 3.8) is 0 Å². The summed E-state index contributed by atoms with van der Waals surface area (Å²) in [6, 6.07) is 36.3. The molecule has 13 rings (SSSR count). The van der Waals surface area contributed by atoms with Gasteiger partial charge in [-0.2, -0.15) is 35.3 Å². The van der Waals surface area contributed by atoms with Gasteiger partial charge in [-0.15, -0.1) is 68.0 Å². The van der Waals surface area contributed by atoms with Crippen LogP contribution in [0.4, 0.5) is 0 Å². The summed E-state index contributed by atoms with van der Waals surface area (Å²) in [7, 11) is 0. The van der Waals surface area contributed by atoms with Gasteiger partial charge in [0.2, 0.25) is 0 Å². The number of thioether (sulfide) groups is 3. The summed E-state index contributed by atoms with van der Waals surface area (Å²) in [6.07, 6.45) is 0. The molecular weight excluding hydrogens is 901 g/mol. The van der Waals surface area contributed by atoms with Crippen LogP contribution in [0.5, 0.6) is 0 Å². The van der Waals surface area contributed by atoms with Crippen LogP contribution in [-0.4, -0.2) is 0 Å². The summed E-state index contributed by atoms with van der Waals surface area (Å²) < 4.78 is 16.5. The normalized spacial score (nSPS) is 14.7. The van der Waals surface area contributed by atoms with Gasteiger partial charge >= 0.3 is 0 Å². The SMILES string of the molecule is Cc1cc2c3ccc(s3)c3ccc(s3)c3c4c(c(C)cc3c3ccc(s3)c3ccc(s3)c3c5c(c(C)cc3c3ccc(s3)c3ccc(s3)c2c2c1CSC2)CSC5)CSC4. The first kappa shape index (κ1) is 37.5. The fourth-order valence-corrected chi connectivity index (χ4v) is 20.0. The van der Waals surface area contributed by atoms with Crippen molar-refractivity contribution in [2.45, 2.75) is 55.3 Å². The maximum absolute atomic E-state index is 2.50. The highest BCUT2D eigenvalue weighted by Gasteiger charge is 2.22. The molecule has 0 nitrogen and oxygen atoms in total. The van der Waals surface area contributed by atoms with E-state index in [4.69, 9.17) is 0 Å². The minimum Gasteiger partial charge on any atom is -0.152 e. The van der Waals surface area contributed by atoms with Gasteiger partial charge in [0.25, 0.3) is 0 Å². The number of benzene rings is 3. The average molecular weight is 937 g/mol. The van der Waals surface area contributed by atoms with E-state index in [-0.39, 0.29) is 0 Å². The molecule has 0 aliphatic carbocycles. The lowest BCUT2D eigenvalue weighted by Gasteiger charge is -2.08. The highest BCUT2D eigenvalue weighted by molar-refractivity contribution is 7.98. The summed E-state index contributed by atoms with van der Waals surface area (Å²) >= 11 is 18.0. The fourth-order valence-electron chi connectivity index (χ4n) is 9.71. The Kier molecular flexibility index (Phi) is 9.04. The maximum Gasteiger partial charge on any atom is 0.0449 e. The largest absolute Gasteiger partial charge is 0.152 e. The van der Waals surface area contributed by atoms with Crippen LogP contribution in [0.1, 0.15) is 50.1 Å². The predicted octanol–water partition coefficient (Wildman–Crippen LogP) is 19.0. The Balaban J connectivity index is 1.20. The summed E-state index contributed by atoms with van der Waals surface area (Å²) in [5.74, 6) is 6.57. The smallest absolute Gasteiger partial charge is 0.0449 e. The van der Waals surface area contributed by atoms with E-state index >= 15 is 0 Å². The molecule has 0 amide bonds. The van der Waals surface area contributed by atoms with Crippen LogP contribution in [0, 0.1) is 20.8 Å². The molecule has 9 heteroatoms. The van der Waals surface area contributed by atoms with Crippen LogP contribution in [0.2, 0.25) is 0 Å². The van der Waals surface area contributed by atoms with Gasteiger partial charge in [0.05, 0.1) is 0 Å². The van der Waals surface area contributed by atoms with Crippen LogP contribution in [0.15, 0.2) is 91.0 Å². The van der Waals surface area contributed by atoms with Gasteiger partial charge in [-0.05, 0) is 162 Å². The first-order chi connectivity index (χ1) is 29.4. The van der Waals surface area contributed by atoms with Gasteiger partial charge in [0.15, 0.2) is 0 Å².